The summed E-state index contributed by atoms with van der Waals surface area (Å²) in [6.45, 7) is 4.92. The molecular formula is C61H119NO5. The number of aliphatic hydroxyl groups is 2. The number of aliphatic hydroxyl groups excluding tert-OH is 2. The Labute approximate surface area is 419 Å². The molecule has 2 unspecified atom stereocenters. The molecule has 0 aromatic heterocycles. The van der Waals surface area contributed by atoms with E-state index in [1.165, 1.54) is 276 Å². The number of unbranched alkanes of at least 4 members (excludes halogenated alkanes) is 46. The van der Waals surface area contributed by atoms with E-state index in [1.54, 1.807) is 6.08 Å². The third-order valence-corrected chi connectivity index (χ3v) is 14.3. The zero-order valence-electron chi connectivity index (χ0n) is 45.4. The maximum absolute atomic E-state index is 12.5. The number of esters is 1. The number of allylic oxidation sites excluding steroid dienone is 1. The molecule has 0 saturated heterocycles. The molecule has 6 heteroatoms. The highest BCUT2D eigenvalue weighted by Crippen LogP contribution is 2.18. The molecule has 0 bridgehead atoms. The van der Waals surface area contributed by atoms with E-state index >= 15 is 0 Å². The fourth-order valence-corrected chi connectivity index (χ4v) is 9.64. The Morgan fingerprint density at radius 1 is 0.403 bits per heavy atom. The molecule has 0 spiro atoms. The first-order chi connectivity index (χ1) is 33.0. The average Bonchev–Trinajstić information content (AvgIpc) is 3.33. The van der Waals surface area contributed by atoms with Crippen molar-refractivity contribution in [2.45, 2.75) is 353 Å². The van der Waals surface area contributed by atoms with Gasteiger partial charge in [-0.15, -0.1) is 0 Å². The first-order valence-electron chi connectivity index (χ1n) is 30.5. The van der Waals surface area contributed by atoms with Crippen molar-refractivity contribution in [2.75, 3.05) is 13.2 Å². The summed E-state index contributed by atoms with van der Waals surface area (Å²) in [5.74, 6) is -0.0620. The molecule has 0 saturated carbocycles. The first-order valence-corrected chi connectivity index (χ1v) is 30.5. The summed E-state index contributed by atoms with van der Waals surface area (Å²) in [5, 5.41) is 23.2. The van der Waals surface area contributed by atoms with Gasteiger partial charge in [0.2, 0.25) is 5.91 Å². The largest absolute Gasteiger partial charge is 0.466 e. The van der Waals surface area contributed by atoms with Gasteiger partial charge in [0.15, 0.2) is 0 Å². The molecule has 0 aliphatic heterocycles. The van der Waals surface area contributed by atoms with Crippen molar-refractivity contribution in [2.24, 2.45) is 0 Å². The Bertz CT molecular complexity index is 1000. The van der Waals surface area contributed by atoms with E-state index in [0.717, 1.165) is 38.5 Å². The van der Waals surface area contributed by atoms with E-state index in [0.29, 0.717) is 19.4 Å². The highest BCUT2D eigenvalue weighted by molar-refractivity contribution is 5.76. The summed E-state index contributed by atoms with van der Waals surface area (Å²) >= 11 is 0. The number of amides is 1. The van der Waals surface area contributed by atoms with E-state index in [2.05, 4.69) is 19.2 Å². The van der Waals surface area contributed by atoms with Gasteiger partial charge in [0.25, 0.3) is 0 Å². The van der Waals surface area contributed by atoms with Crippen LogP contribution >= 0.6 is 0 Å². The summed E-state index contributed by atoms with van der Waals surface area (Å²) in [7, 11) is 0. The van der Waals surface area contributed by atoms with Gasteiger partial charge in [-0.2, -0.15) is 0 Å². The maximum Gasteiger partial charge on any atom is 0.305 e. The number of carbonyl (C=O) groups is 2. The van der Waals surface area contributed by atoms with Crippen LogP contribution in [0.2, 0.25) is 0 Å². The number of nitrogens with one attached hydrogen (secondary N) is 1. The Kier molecular flexibility index (Phi) is 56.0. The fourth-order valence-electron chi connectivity index (χ4n) is 9.64. The number of rotatable bonds is 57. The molecule has 0 aliphatic carbocycles. The molecule has 6 nitrogen and oxygen atoms in total. The van der Waals surface area contributed by atoms with Crippen molar-refractivity contribution in [1.82, 2.24) is 5.32 Å². The Morgan fingerprint density at radius 3 is 1.01 bits per heavy atom. The summed E-state index contributed by atoms with van der Waals surface area (Å²) in [4.78, 5) is 24.5. The second-order valence-corrected chi connectivity index (χ2v) is 21.0. The number of hydrogen-bond acceptors (Lipinski definition) is 5. The molecule has 0 aromatic rings. The van der Waals surface area contributed by atoms with Crippen molar-refractivity contribution in [3.05, 3.63) is 12.2 Å². The summed E-state index contributed by atoms with van der Waals surface area (Å²) in [5.41, 5.74) is 0. The van der Waals surface area contributed by atoms with Crippen molar-refractivity contribution in [1.29, 1.82) is 0 Å². The van der Waals surface area contributed by atoms with Crippen LogP contribution in [0.3, 0.4) is 0 Å². The molecule has 0 aliphatic rings. The third kappa shape index (κ3) is 53.8. The lowest BCUT2D eigenvalue weighted by Crippen LogP contribution is -2.45. The van der Waals surface area contributed by atoms with Crippen LogP contribution < -0.4 is 5.32 Å². The molecule has 2 atom stereocenters. The Hall–Kier alpha value is -1.40. The van der Waals surface area contributed by atoms with E-state index in [1.807, 2.05) is 6.08 Å². The van der Waals surface area contributed by atoms with E-state index < -0.39 is 12.1 Å². The second-order valence-electron chi connectivity index (χ2n) is 21.0. The van der Waals surface area contributed by atoms with Crippen molar-refractivity contribution < 1.29 is 24.5 Å². The molecule has 0 radical (unpaired) electrons. The molecule has 0 heterocycles. The third-order valence-electron chi connectivity index (χ3n) is 14.3. The van der Waals surface area contributed by atoms with Crippen LogP contribution in [0.4, 0.5) is 0 Å². The molecule has 3 N–H and O–H groups in total. The minimum Gasteiger partial charge on any atom is -0.466 e. The quantitative estimate of drug-likeness (QED) is 0.0321. The van der Waals surface area contributed by atoms with Crippen LogP contribution in [0.5, 0.6) is 0 Å². The molecule has 1 amide bonds. The van der Waals surface area contributed by atoms with Gasteiger partial charge in [0.1, 0.15) is 0 Å². The lowest BCUT2D eigenvalue weighted by Gasteiger charge is -2.20. The highest BCUT2D eigenvalue weighted by atomic mass is 16.5. The average molecular weight is 947 g/mol. The van der Waals surface area contributed by atoms with Gasteiger partial charge in [-0.1, -0.05) is 309 Å². The Morgan fingerprint density at radius 2 is 0.687 bits per heavy atom. The second kappa shape index (κ2) is 57.2. The summed E-state index contributed by atoms with van der Waals surface area (Å²) in [6.07, 6.45) is 68.1. The van der Waals surface area contributed by atoms with Crippen LogP contribution in [0, 0.1) is 0 Å². The van der Waals surface area contributed by atoms with Gasteiger partial charge in [-0.25, -0.2) is 0 Å². The Balaban J connectivity index is 3.43. The molecule has 67 heavy (non-hydrogen) atoms. The first kappa shape index (κ1) is 65.6. The van der Waals surface area contributed by atoms with Gasteiger partial charge in [-0.3, -0.25) is 9.59 Å². The smallest absolute Gasteiger partial charge is 0.305 e. The highest BCUT2D eigenvalue weighted by Gasteiger charge is 2.18. The van der Waals surface area contributed by atoms with Gasteiger partial charge in [-0.05, 0) is 32.1 Å². The number of carbonyl (C=O) groups excluding carboxylic acids is 2. The molecule has 0 aromatic carbocycles. The maximum atomic E-state index is 12.5. The number of ether oxygens (including phenoxy) is 1. The molecular weight excluding hydrogens is 827 g/mol. The van der Waals surface area contributed by atoms with Crippen LogP contribution in [-0.2, 0) is 14.3 Å². The fraction of sp³-hybridized carbons (Fsp3) is 0.934. The van der Waals surface area contributed by atoms with Crippen LogP contribution in [-0.4, -0.2) is 47.4 Å². The van der Waals surface area contributed by atoms with Crippen LogP contribution in [0.15, 0.2) is 12.2 Å². The van der Waals surface area contributed by atoms with E-state index in [9.17, 15) is 19.8 Å². The summed E-state index contributed by atoms with van der Waals surface area (Å²) < 4.78 is 5.48. The predicted octanol–water partition coefficient (Wildman–Crippen LogP) is 18.9. The zero-order valence-corrected chi connectivity index (χ0v) is 45.4. The zero-order chi connectivity index (χ0) is 48.6. The van der Waals surface area contributed by atoms with Crippen molar-refractivity contribution in [3.8, 4) is 0 Å². The topological polar surface area (TPSA) is 95.9 Å². The van der Waals surface area contributed by atoms with E-state index in [4.69, 9.17) is 4.74 Å². The number of hydrogen-bond donors (Lipinski definition) is 3. The van der Waals surface area contributed by atoms with E-state index in [-0.39, 0.29) is 18.5 Å². The molecule has 0 fully saturated rings. The van der Waals surface area contributed by atoms with Gasteiger partial charge in [0.05, 0.1) is 25.4 Å². The molecule has 0 rings (SSSR count). The summed E-state index contributed by atoms with van der Waals surface area (Å²) in [6, 6.07) is -0.631. The van der Waals surface area contributed by atoms with Crippen molar-refractivity contribution in [3.63, 3.8) is 0 Å². The SMILES string of the molecule is CCCCCCCCCCCCCCCCCC/C=C/C(O)C(CO)NC(=O)CCCCCCCCCCCCCCCCCCCOC(=O)CCCCCCCCCCCCCCCCC. The van der Waals surface area contributed by atoms with Gasteiger partial charge >= 0.3 is 5.97 Å². The lowest BCUT2D eigenvalue weighted by molar-refractivity contribution is -0.143. The predicted molar refractivity (Wildman–Crippen MR) is 292 cm³/mol. The van der Waals surface area contributed by atoms with Gasteiger partial charge < -0.3 is 20.3 Å². The van der Waals surface area contributed by atoms with Gasteiger partial charge in [0, 0.05) is 12.8 Å². The van der Waals surface area contributed by atoms with Crippen LogP contribution in [0.25, 0.3) is 0 Å². The normalized spacial score (nSPS) is 12.6. The standard InChI is InChI=1S/C61H119NO5/c1-3-5-7-9-11-13-15-17-19-20-22-26-29-33-37-41-45-49-53-59(64)58(57-63)62-60(65)54-50-46-42-38-34-30-27-23-21-24-28-32-36-40-44-48-52-56-67-61(66)55-51-47-43-39-35-31-25-18-16-14-12-10-8-6-4-2/h49,53,58-59,63-64H,3-48,50-52,54-57H2,1-2H3,(H,62,65)/b53-49+. The van der Waals surface area contributed by atoms with Crippen molar-refractivity contribution >= 4 is 11.9 Å². The minimum absolute atomic E-state index is 0.00811. The lowest BCUT2D eigenvalue weighted by atomic mass is 10.0. The van der Waals surface area contributed by atoms with Crippen LogP contribution in [0.1, 0.15) is 341 Å². The molecule has 398 valence electrons. The minimum atomic E-state index is -0.847. The monoisotopic (exact) mass is 946 g/mol.